The second-order valence-electron chi connectivity index (χ2n) is 5.96. The molecule has 0 aromatic heterocycles. The van der Waals surface area contributed by atoms with Crippen LogP contribution in [0.3, 0.4) is 0 Å². The number of benzene rings is 1. The zero-order valence-electron chi connectivity index (χ0n) is 14.2. The highest BCUT2D eigenvalue weighted by molar-refractivity contribution is 5.79. The summed E-state index contributed by atoms with van der Waals surface area (Å²) in [4.78, 5) is 6.49. The average Bonchev–Trinajstić information content (AvgIpc) is 2.52. The molecule has 0 radical (unpaired) electrons. The van der Waals surface area contributed by atoms with Gasteiger partial charge in [0.25, 0.3) is 0 Å². The van der Waals surface area contributed by atoms with Crippen LogP contribution < -0.4 is 10.6 Å². The van der Waals surface area contributed by atoms with E-state index in [0.29, 0.717) is 0 Å². The molecule has 0 spiro atoms. The number of hydrogen-bond acceptors (Lipinski definition) is 3. The van der Waals surface area contributed by atoms with Crippen LogP contribution in [0.2, 0.25) is 0 Å². The van der Waals surface area contributed by atoms with E-state index < -0.39 is 0 Å². The van der Waals surface area contributed by atoms with E-state index in [2.05, 4.69) is 27.6 Å². The summed E-state index contributed by atoms with van der Waals surface area (Å²) < 4.78 is 18.8. The number of hydrogen-bond donors (Lipinski definition) is 2. The quantitative estimate of drug-likeness (QED) is 0.631. The molecule has 6 heteroatoms. The highest BCUT2D eigenvalue weighted by Crippen LogP contribution is 2.10. The van der Waals surface area contributed by atoms with Gasteiger partial charge in [-0.15, -0.1) is 0 Å². The molecule has 0 bridgehead atoms. The summed E-state index contributed by atoms with van der Waals surface area (Å²) >= 11 is 0. The third-order valence-corrected chi connectivity index (χ3v) is 4.05. The van der Waals surface area contributed by atoms with E-state index in [1.807, 2.05) is 13.0 Å². The zero-order chi connectivity index (χ0) is 16.7. The van der Waals surface area contributed by atoms with Gasteiger partial charge in [0.1, 0.15) is 5.82 Å². The van der Waals surface area contributed by atoms with Crippen LogP contribution in [0.15, 0.2) is 23.2 Å². The molecular weight excluding hydrogens is 295 g/mol. The van der Waals surface area contributed by atoms with Gasteiger partial charge >= 0.3 is 0 Å². The first-order valence-electron chi connectivity index (χ1n) is 8.08. The van der Waals surface area contributed by atoms with Crippen molar-refractivity contribution < 1.29 is 9.13 Å². The number of likely N-dealkylation sites (N-methyl/N-ethyl adjacent to an activating group) is 1. The van der Waals surface area contributed by atoms with Gasteiger partial charge in [0.2, 0.25) is 0 Å². The number of aliphatic imine (C=N–C) groups is 1. The Morgan fingerprint density at radius 3 is 2.96 bits per heavy atom. The van der Waals surface area contributed by atoms with Crippen molar-refractivity contribution in [2.24, 2.45) is 4.99 Å². The molecule has 5 nitrogen and oxygen atoms in total. The van der Waals surface area contributed by atoms with Crippen LogP contribution >= 0.6 is 0 Å². The summed E-state index contributed by atoms with van der Waals surface area (Å²) in [6.07, 6.45) is 1.02. The number of aryl methyl sites for hydroxylation is 1. The number of halogens is 1. The summed E-state index contributed by atoms with van der Waals surface area (Å²) in [5, 5.41) is 6.58. The Morgan fingerprint density at radius 1 is 1.43 bits per heavy atom. The molecule has 1 aliphatic heterocycles. The van der Waals surface area contributed by atoms with E-state index >= 15 is 0 Å². The van der Waals surface area contributed by atoms with Crippen molar-refractivity contribution in [2.75, 3.05) is 46.9 Å². The molecule has 0 amide bonds. The van der Waals surface area contributed by atoms with Crippen molar-refractivity contribution in [3.63, 3.8) is 0 Å². The van der Waals surface area contributed by atoms with Gasteiger partial charge in [0, 0.05) is 33.2 Å². The fraction of sp³-hybridized carbons (Fsp3) is 0.588. The summed E-state index contributed by atoms with van der Waals surface area (Å²) in [7, 11) is 3.86. The van der Waals surface area contributed by atoms with Crippen LogP contribution in [0, 0.1) is 12.7 Å². The van der Waals surface area contributed by atoms with E-state index in [4.69, 9.17) is 4.74 Å². The number of rotatable bonds is 5. The van der Waals surface area contributed by atoms with E-state index in [1.165, 1.54) is 6.07 Å². The van der Waals surface area contributed by atoms with E-state index in [-0.39, 0.29) is 11.9 Å². The molecule has 1 aromatic rings. The molecule has 2 rings (SSSR count). The van der Waals surface area contributed by atoms with Crippen LogP contribution in [-0.2, 0) is 11.2 Å². The number of nitrogens with zero attached hydrogens (tertiary/aromatic N) is 2. The number of nitrogens with one attached hydrogen (secondary N) is 2. The summed E-state index contributed by atoms with van der Waals surface area (Å²) in [6.45, 7) is 6.11. The maximum absolute atomic E-state index is 13.1. The Kier molecular flexibility index (Phi) is 6.80. The largest absolute Gasteiger partial charge is 0.374 e. The van der Waals surface area contributed by atoms with Crippen molar-refractivity contribution in [3.05, 3.63) is 35.1 Å². The first-order chi connectivity index (χ1) is 11.1. The van der Waals surface area contributed by atoms with E-state index in [9.17, 15) is 4.39 Å². The van der Waals surface area contributed by atoms with Gasteiger partial charge in [-0.1, -0.05) is 6.07 Å². The van der Waals surface area contributed by atoms with Crippen molar-refractivity contribution >= 4 is 5.96 Å². The van der Waals surface area contributed by atoms with E-state index in [1.54, 1.807) is 13.1 Å². The number of guanidine groups is 1. The predicted octanol–water partition coefficient (Wildman–Crippen LogP) is 1.17. The normalized spacial score (nSPS) is 19.7. The van der Waals surface area contributed by atoms with Crippen molar-refractivity contribution in [1.29, 1.82) is 0 Å². The molecule has 0 aliphatic carbocycles. The van der Waals surface area contributed by atoms with Crippen LogP contribution in [0.4, 0.5) is 4.39 Å². The highest BCUT2D eigenvalue weighted by Gasteiger charge is 2.17. The smallest absolute Gasteiger partial charge is 0.191 e. The summed E-state index contributed by atoms with van der Waals surface area (Å²) in [5.74, 6) is 0.579. The van der Waals surface area contributed by atoms with Crippen molar-refractivity contribution in [2.45, 2.75) is 19.4 Å². The second kappa shape index (κ2) is 8.84. The van der Waals surface area contributed by atoms with Gasteiger partial charge in [-0.2, -0.15) is 0 Å². The lowest BCUT2D eigenvalue weighted by Gasteiger charge is -2.30. The molecular formula is C17H27FN4O. The maximum Gasteiger partial charge on any atom is 0.191 e. The zero-order valence-corrected chi connectivity index (χ0v) is 14.2. The molecule has 1 unspecified atom stereocenters. The van der Waals surface area contributed by atoms with Crippen LogP contribution in [0.5, 0.6) is 0 Å². The first-order valence-corrected chi connectivity index (χ1v) is 8.08. The molecule has 128 valence electrons. The molecule has 1 atom stereocenters. The van der Waals surface area contributed by atoms with Crippen molar-refractivity contribution in [3.8, 4) is 0 Å². The molecule has 0 saturated carbocycles. The fourth-order valence-corrected chi connectivity index (χ4v) is 2.68. The van der Waals surface area contributed by atoms with Crippen LogP contribution in [0.25, 0.3) is 0 Å². The molecule has 1 aliphatic rings. The number of morpholine rings is 1. The third kappa shape index (κ3) is 5.80. The minimum atomic E-state index is -0.186. The standard InChI is InChI=1S/C17H27FN4O/c1-13-10-15(18)5-4-14(13)6-7-20-17(19-2)21-11-16-12-22(3)8-9-23-16/h4-5,10,16H,6-9,11-12H2,1-3H3,(H2,19,20,21). The van der Waals surface area contributed by atoms with Gasteiger partial charge < -0.3 is 20.3 Å². The Morgan fingerprint density at radius 2 is 2.26 bits per heavy atom. The van der Waals surface area contributed by atoms with Gasteiger partial charge in [0.15, 0.2) is 5.96 Å². The lowest BCUT2D eigenvalue weighted by molar-refractivity contribution is -0.0161. The molecule has 1 saturated heterocycles. The topological polar surface area (TPSA) is 48.9 Å². The Hall–Kier alpha value is -1.66. The van der Waals surface area contributed by atoms with Crippen LogP contribution in [-0.4, -0.2) is 63.8 Å². The second-order valence-corrected chi connectivity index (χ2v) is 5.96. The van der Waals surface area contributed by atoms with Crippen LogP contribution in [0.1, 0.15) is 11.1 Å². The monoisotopic (exact) mass is 322 g/mol. The highest BCUT2D eigenvalue weighted by atomic mass is 19.1. The number of ether oxygens (including phenoxy) is 1. The van der Waals surface area contributed by atoms with Gasteiger partial charge in [-0.05, 0) is 43.7 Å². The lowest BCUT2D eigenvalue weighted by Crippen LogP contribution is -2.48. The lowest BCUT2D eigenvalue weighted by atomic mass is 10.1. The molecule has 1 aromatic carbocycles. The molecule has 2 N–H and O–H groups in total. The van der Waals surface area contributed by atoms with Gasteiger partial charge in [-0.3, -0.25) is 4.99 Å². The first kappa shape index (κ1) is 17.7. The Balaban J connectivity index is 1.72. The molecule has 1 fully saturated rings. The SMILES string of the molecule is CN=C(NCCc1ccc(F)cc1C)NCC1CN(C)CCO1. The predicted molar refractivity (Wildman–Crippen MR) is 91.4 cm³/mol. The van der Waals surface area contributed by atoms with Gasteiger partial charge in [0.05, 0.1) is 12.7 Å². The summed E-state index contributed by atoms with van der Waals surface area (Å²) in [6, 6.07) is 4.92. The molecule has 1 heterocycles. The third-order valence-electron chi connectivity index (χ3n) is 4.05. The minimum absolute atomic E-state index is 0.186. The Bertz CT molecular complexity index is 535. The minimum Gasteiger partial charge on any atom is -0.374 e. The average molecular weight is 322 g/mol. The Labute approximate surface area is 137 Å². The maximum atomic E-state index is 13.1. The van der Waals surface area contributed by atoms with E-state index in [0.717, 1.165) is 56.3 Å². The summed E-state index contributed by atoms with van der Waals surface area (Å²) in [5.41, 5.74) is 2.12. The fourth-order valence-electron chi connectivity index (χ4n) is 2.68. The van der Waals surface area contributed by atoms with Gasteiger partial charge in [-0.25, -0.2) is 4.39 Å². The van der Waals surface area contributed by atoms with Crippen molar-refractivity contribution in [1.82, 2.24) is 15.5 Å². The molecule has 23 heavy (non-hydrogen) atoms.